The van der Waals surface area contributed by atoms with Gasteiger partial charge in [-0.2, -0.15) is 0 Å². The van der Waals surface area contributed by atoms with E-state index in [1.807, 2.05) is 0 Å². The molecule has 0 heterocycles. The summed E-state index contributed by atoms with van der Waals surface area (Å²) in [5.74, 6) is -0.840. The van der Waals surface area contributed by atoms with Crippen LogP contribution in [-0.2, 0) is 4.79 Å². The van der Waals surface area contributed by atoms with E-state index in [4.69, 9.17) is 15.9 Å². The molecule has 0 spiro atoms. The van der Waals surface area contributed by atoms with Gasteiger partial charge in [0.15, 0.2) is 6.04 Å². The molecule has 0 radical (unpaired) electrons. The Hall–Kier alpha value is -3.22. The maximum absolute atomic E-state index is 11.6. The minimum absolute atomic E-state index is 0.0642. The molecule has 6 N–H and O–H groups in total. The Morgan fingerprint density at radius 1 is 1.29 bits per heavy atom. The normalized spacial score (nSPS) is 11.5. The van der Waals surface area contributed by atoms with Crippen molar-refractivity contribution in [3.63, 3.8) is 0 Å². The van der Waals surface area contributed by atoms with Crippen molar-refractivity contribution in [1.82, 2.24) is 0 Å². The second-order valence-corrected chi connectivity index (χ2v) is 5.10. The second kappa shape index (κ2) is 7.36. The van der Waals surface area contributed by atoms with Crippen LogP contribution in [0.5, 0.6) is 11.5 Å². The van der Waals surface area contributed by atoms with Crippen molar-refractivity contribution in [2.45, 2.75) is 13.0 Å². The van der Waals surface area contributed by atoms with Crippen molar-refractivity contribution in [3.8, 4) is 11.5 Å². The van der Waals surface area contributed by atoms with Gasteiger partial charge in [-0.3, -0.25) is 5.41 Å². The van der Waals surface area contributed by atoms with Crippen LogP contribution in [0.2, 0.25) is 0 Å². The highest BCUT2D eigenvalue weighted by atomic mass is 16.5. The summed E-state index contributed by atoms with van der Waals surface area (Å²) in [5.41, 5.74) is 6.85. The zero-order valence-corrected chi connectivity index (χ0v) is 13.1. The predicted molar refractivity (Wildman–Crippen MR) is 90.7 cm³/mol. The Bertz CT molecular complexity index is 744. The van der Waals surface area contributed by atoms with Gasteiger partial charge in [0.1, 0.15) is 17.3 Å². The number of ether oxygens (including phenoxy) is 1. The summed E-state index contributed by atoms with van der Waals surface area (Å²) in [4.78, 5) is 11.6. The lowest BCUT2D eigenvalue weighted by Crippen LogP contribution is -2.20. The molecule has 0 fully saturated rings. The Labute approximate surface area is 139 Å². The molecule has 1 unspecified atom stereocenters. The Kier molecular flexibility index (Phi) is 5.26. The minimum Gasteiger partial charge on any atom is -0.508 e. The number of anilines is 1. The SMILES string of the molecule is CCOc1cc(O)cc(C(Nc2ccc(C(=N)N)cc2)C(=O)O)c1. The molecule has 7 nitrogen and oxygen atoms in total. The van der Waals surface area contributed by atoms with Gasteiger partial charge in [0.2, 0.25) is 0 Å². The number of aromatic hydroxyl groups is 1. The molecule has 0 aromatic heterocycles. The molecule has 0 aliphatic carbocycles. The van der Waals surface area contributed by atoms with E-state index in [2.05, 4.69) is 5.32 Å². The summed E-state index contributed by atoms with van der Waals surface area (Å²) in [5, 5.41) is 29.5. The van der Waals surface area contributed by atoms with Crippen molar-refractivity contribution >= 4 is 17.5 Å². The first kappa shape index (κ1) is 17.1. The van der Waals surface area contributed by atoms with Crippen molar-refractivity contribution in [3.05, 3.63) is 53.6 Å². The standard InChI is InChI=1S/C17H19N3O4/c1-2-24-14-8-11(7-13(21)9-14)15(17(22)23)20-12-5-3-10(4-6-12)16(18)19/h3-9,15,20-21H,2H2,1H3,(H3,18,19)(H,22,23). The fourth-order valence-corrected chi connectivity index (χ4v) is 2.22. The third-order valence-corrected chi connectivity index (χ3v) is 3.31. The molecule has 1 atom stereocenters. The van der Waals surface area contributed by atoms with Crippen LogP contribution in [0, 0.1) is 5.41 Å². The number of phenols is 1. The van der Waals surface area contributed by atoms with Gasteiger partial charge in [-0.05, 0) is 48.9 Å². The average molecular weight is 329 g/mol. The molecule has 7 heteroatoms. The maximum atomic E-state index is 11.6. The third kappa shape index (κ3) is 4.16. The first-order chi connectivity index (χ1) is 11.4. The number of benzene rings is 2. The molecule has 126 valence electrons. The zero-order chi connectivity index (χ0) is 17.7. The molecular weight excluding hydrogens is 310 g/mol. The zero-order valence-electron chi connectivity index (χ0n) is 13.1. The molecule has 0 aliphatic rings. The topological polar surface area (TPSA) is 129 Å². The summed E-state index contributed by atoms with van der Waals surface area (Å²) in [6.07, 6.45) is 0. The number of nitrogen functional groups attached to an aromatic ring is 1. The van der Waals surface area contributed by atoms with Gasteiger partial charge >= 0.3 is 5.97 Å². The van der Waals surface area contributed by atoms with Crippen LogP contribution >= 0.6 is 0 Å². The maximum Gasteiger partial charge on any atom is 0.330 e. The van der Waals surface area contributed by atoms with E-state index >= 15 is 0 Å². The minimum atomic E-state index is -1.10. The quantitative estimate of drug-likeness (QED) is 0.391. The third-order valence-electron chi connectivity index (χ3n) is 3.31. The fourth-order valence-electron chi connectivity index (χ4n) is 2.22. The van der Waals surface area contributed by atoms with Gasteiger partial charge < -0.3 is 26.0 Å². The van der Waals surface area contributed by atoms with Crippen molar-refractivity contribution in [1.29, 1.82) is 5.41 Å². The van der Waals surface area contributed by atoms with Gasteiger partial charge in [-0.15, -0.1) is 0 Å². The lowest BCUT2D eigenvalue weighted by Gasteiger charge is -2.18. The summed E-state index contributed by atoms with van der Waals surface area (Å²) in [7, 11) is 0. The second-order valence-electron chi connectivity index (χ2n) is 5.10. The van der Waals surface area contributed by atoms with E-state index in [1.165, 1.54) is 12.1 Å². The Balaban J connectivity index is 2.29. The number of hydrogen-bond acceptors (Lipinski definition) is 5. The van der Waals surface area contributed by atoms with Gasteiger partial charge in [0.25, 0.3) is 0 Å². The van der Waals surface area contributed by atoms with E-state index in [9.17, 15) is 15.0 Å². The van der Waals surface area contributed by atoms with Gasteiger partial charge in [0.05, 0.1) is 6.61 Å². The molecule has 0 amide bonds. The summed E-state index contributed by atoms with van der Waals surface area (Å²) in [6, 6.07) is 9.82. The van der Waals surface area contributed by atoms with Gasteiger partial charge in [0, 0.05) is 17.3 Å². The summed E-state index contributed by atoms with van der Waals surface area (Å²) in [6.45, 7) is 2.20. The molecule has 0 saturated carbocycles. The lowest BCUT2D eigenvalue weighted by molar-refractivity contribution is -0.138. The Morgan fingerprint density at radius 3 is 2.50 bits per heavy atom. The number of nitrogens with two attached hydrogens (primary N) is 1. The van der Waals surface area contributed by atoms with E-state index in [0.29, 0.717) is 29.2 Å². The molecule has 0 aliphatic heterocycles. The van der Waals surface area contributed by atoms with Crippen LogP contribution < -0.4 is 15.8 Å². The van der Waals surface area contributed by atoms with Crippen molar-refractivity contribution in [2.24, 2.45) is 5.73 Å². The highest BCUT2D eigenvalue weighted by Gasteiger charge is 2.21. The van der Waals surface area contributed by atoms with Crippen molar-refractivity contribution in [2.75, 3.05) is 11.9 Å². The average Bonchev–Trinajstić information content (AvgIpc) is 2.52. The number of rotatable bonds is 7. The largest absolute Gasteiger partial charge is 0.508 e. The number of aliphatic carboxylic acids is 1. The lowest BCUT2D eigenvalue weighted by atomic mass is 10.1. The molecule has 2 rings (SSSR count). The number of carboxylic acid groups (broad SMARTS) is 1. The van der Waals surface area contributed by atoms with E-state index < -0.39 is 12.0 Å². The predicted octanol–water partition coefficient (Wildman–Crippen LogP) is 2.31. The van der Waals surface area contributed by atoms with Crippen LogP contribution in [0.3, 0.4) is 0 Å². The van der Waals surface area contributed by atoms with E-state index in [1.54, 1.807) is 37.3 Å². The number of phenolic OH excluding ortho intramolecular Hbond substituents is 1. The molecular formula is C17H19N3O4. The van der Waals surface area contributed by atoms with Crippen LogP contribution in [0.15, 0.2) is 42.5 Å². The molecule has 24 heavy (non-hydrogen) atoms. The van der Waals surface area contributed by atoms with Crippen LogP contribution in [0.4, 0.5) is 5.69 Å². The fraction of sp³-hybridized carbons (Fsp3) is 0.176. The Morgan fingerprint density at radius 2 is 1.96 bits per heavy atom. The summed E-state index contributed by atoms with van der Waals surface area (Å²) < 4.78 is 5.33. The number of nitrogens with one attached hydrogen (secondary N) is 2. The van der Waals surface area contributed by atoms with E-state index in [-0.39, 0.29) is 11.6 Å². The number of carboxylic acids is 1. The number of carbonyl (C=O) groups is 1. The molecule has 2 aromatic carbocycles. The number of hydrogen-bond donors (Lipinski definition) is 5. The highest BCUT2D eigenvalue weighted by Crippen LogP contribution is 2.28. The smallest absolute Gasteiger partial charge is 0.330 e. The van der Waals surface area contributed by atoms with Crippen molar-refractivity contribution < 1.29 is 19.7 Å². The monoisotopic (exact) mass is 329 g/mol. The van der Waals surface area contributed by atoms with Crippen LogP contribution in [-0.4, -0.2) is 28.6 Å². The highest BCUT2D eigenvalue weighted by molar-refractivity contribution is 5.95. The first-order valence-corrected chi connectivity index (χ1v) is 7.31. The molecule has 0 saturated heterocycles. The van der Waals surface area contributed by atoms with Gasteiger partial charge in [-0.1, -0.05) is 0 Å². The summed E-state index contributed by atoms with van der Waals surface area (Å²) >= 11 is 0. The molecule has 0 bridgehead atoms. The van der Waals surface area contributed by atoms with E-state index in [0.717, 1.165) is 0 Å². The number of amidine groups is 1. The van der Waals surface area contributed by atoms with Gasteiger partial charge in [-0.25, -0.2) is 4.79 Å². The molecule has 2 aromatic rings. The van der Waals surface area contributed by atoms with Crippen LogP contribution in [0.1, 0.15) is 24.1 Å². The van der Waals surface area contributed by atoms with Crippen LogP contribution in [0.25, 0.3) is 0 Å². The first-order valence-electron chi connectivity index (χ1n) is 7.31.